The molecule has 6 nitrogen and oxygen atoms in total. The number of primary amides is 1. The van der Waals surface area contributed by atoms with Gasteiger partial charge in [-0.15, -0.1) is 11.3 Å². The molecular weight excluding hydrogens is 356 g/mol. The number of carbonyl (C=O) groups is 2. The summed E-state index contributed by atoms with van der Waals surface area (Å²) in [5, 5.41) is 12.9. The van der Waals surface area contributed by atoms with E-state index in [0.717, 1.165) is 36.1 Å². The molecule has 0 aromatic carbocycles. The number of rotatable bonds is 5. The number of hydrogen-bond acceptors (Lipinski definition) is 6. The van der Waals surface area contributed by atoms with Crippen molar-refractivity contribution in [3.8, 4) is 6.07 Å². The van der Waals surface area contributed by atoms with E-state index in [-0.39, 0.29) is 11.7 Å². The highest BCUT2D eigenvalue weighted by Crippen LogP contribution is 2.38. The summed E-state index contributed by atoms with van der Waals surface area (Å²) in [4.78, 5) is 29.3. The molecule has 0 saturated heterocycles. The fourth-order valence-corrected chi connectivity index (χ4v) is 4.78. The van der Waals surface area contributed by atoms with E-state index in [1.165, 1.54) is 29.3 Å². The van der Waals surface area contributed by atoms with Crippen LogP contribution in [0.15, 0.2) is 23.4 Å². The van der Waals surface area contributed by atoms with Crippen molar-refractivity contribution in [2.24, 2.45) is 5.73 Å². The minimum absolute atomic E-state index is 0.142. The number of nitrogens with zero attached hydrogens (tertiary/aromatic N) is 2. The third-order valence-electron chi connectivity index (χ3n) is 3.89. The fraction of sp³-hybridized carbons (Fsp3) is 0.294. The Morgan fingerprint density at radius 1 is 1.40 bits per heavy atom. The Labute approximate surface area is 153 Å². The molecule has 25 heavy (non-hydrogen) atoms. The third kappa shape index (κ3) is 4.00. The van der Waals surface area contributed by atoms with E-state index >= 15 is 0 Å². The van der Waals surface area contributed by atoms with Crippen LogP contribution in [-0.4, -0.2) is 22.6 Å². The molecule has 2 amide bonds. The van der Waals surface area contributed by atoms with Gasteiger partial charge in [0.15, 0.2) is 0 Å². The number of carbonyl (C=O) groups excluding carboxylic acids is 2. The van der Waals surface area contributed by atoms with Gasteiger partial charge in [0.05, 0.1) is 28.0 Å². The zero-order valence-electron chi connectivity index (χ0n) is 13.4. The topological polar surface area (TPSA) is 109 Å². The summed E-state index contributed by atoms with van der Waals surface area (Å²) in [5.74, 6) is -0.580. The normalized spacial score (nSPS) is 12.9. The highest BCUT2D eigenvalue weighted by molar-refractivity contribution is 7.99. The molecule has 0 spiro atoms. The van der Waals surface area contributed by atoms with E-state index in [1.54, 1.807) is 12.1 Å². The molecular formula is C17H16N4O2S2. The maximum Gasteiger partial charge on any atom is 0.251 e. The lowest BCUT2D eigenvalue weighted by Crippen LogP contribution is -2.19. The van der Waals surface area contributed by atoms with Crippen molar-refractivity contribution < 1.29 is 9.59 Å². The van der Waals surface area contributed by atoms with Crippen molar-refractivity contribution >= 4 is 39.9 Å². The van der Waals surface area contributed by atoms with Crippen molar-refractivity contribution in [2.75, 3.05) is 11.1 Å². The number of aromatic nitrogens is 1. The SMILES string of the molecule is N#Cc1ccnc(SCC(=O)Nc2sc3c(c2C(N)=O)CCCC3)c1. The Morgan fingerprint density at radius 3 is 2.96 bits per heavy atom. The zero-order valence-corrected chi connectivity index (χ0v) is 15.0. The minimum Gasteiger partial charge on any atom is -0.365 e. The first-order valence-corrected chi connectivity index (χ1v) is 9.62. The zero-order chi connectivity index (χ0) is 17.8. The second-order valence-electron chi connectivity index (χ2n) is 5.61. The van der Waals surface area contributed by atoms with Crippen LogP contribution in [0.3, 0.4) is 0 Å². The first-order valence-electron chi connectivity index (χ1n) is 7.81. The fourth-order valence-electron chi connectivity index (χ4n) is 2.77. The van der Waals surface area contributed by atoms with E-state index in [2.05, 4.69) is 10.3 Å². The number of aryl methyl sites for hydroxylation is 1. The highest BCUT2D eigenvalue weighted by Gasteiger charge is 2.24. The van der Waals surface area contributed by atoms with E-state index in [1.807, 2.05) is 6.07 Å². The van der Waals surface area contributed by atoms with Crippen LogP contribution in [-0.2, 0) is 17.6 Å². The Balaban J connectivity index is 1.70. The summed E-state index contributed by atoms with van der Waals surface area (Å²) in [6.45, 7) is 0. The molecule has 2 aromatic rings. The van der Waals surface area contributed by atoms with Gasteiger partial charge in [-0.2, -0.15) is 5.26 Å². The quantitative estimate of drug-likeness (QED) is 0.784. The van der Waals surface area contributed by atoms with Crippen molar-refractivity contribution in [2.45, 2.75) is 30.7 Å². The number of thiophene rings is 1. The van der Waals surface area contributed by atoms with Gasteiger partial charge in [-0.25, -0.2) is 4.98 Å². The van der Waals surface area contributed by atoms with Crippen LogP contribution in [0.5, 0.6) is 0 Å². The van der Waals surface area contributed by atoms with Crippen molar-refractivity contribution in [1.82, 2.24) is 4.98 Å². The van der Waals surface area contributed by atoms with Crippen LogP contribution in [0, 0.1) is 11.3 Å². The number of thioether (sulfide) groups is 1. The summed E-state index contributed by atoms with van der Waals surface area (Å²) in [7, 11) is 0. The van der Waals surface area contributed by atoms with Gasteiger partial charge >= 0.3 is 0 Å². The van der Waals surface area contributed by atoms with Crippen molar-refractivity contribution in [3.05, 3.63) is 39.9 Å². The largest absolute Gasteiger partial charge is 0.365 e. The molecule has 1 aliphatic rings. The maximum atomic E-state index is 12.3. The monoisotopic (exact) mass is 372 g/mol. The molecule has 8 heteroatoms. The predicted molar refractivity (Wildman–Crippen MR) is 97.8 cm³/mol. The summed E-state index contributed by atoms with van der Waals surface area (Å²) in [6.07, 6.45) is 5.43. The number of anilines is 1. The van der Waals surface area contributed by atoms with E-state index < -0.39 is 5.91 Å². The van der Waals surface area contributed by atoms with Gasteiger partial charge in [-0.1, -0.05) is 11.8 Å². The molecule has 0 fully saturated rings. The second-order valence-corrected chi connectivity index (χ2v) is 7.71. The van der Waals surface area contributed by atoms with Gasteiger partial charge in [0.25, 0.3) is 5.91 Å². The van der Waals surface area contributed by atoms with Crippen LogP contribution in [0.4, 0.5) is 5.00 Å². The first kappa shape index (κ1) is 17.5. The van der Waals surface area contributed by atoms with Crippen molar-refractivity contribution in [3.63, 3.8) is 0 Å². The number of nitrogens with one attached hydrogen (secondary N) is 1. The average Bonchev–Trinajstić information content (AvgIpc) is 2.98. The standard InChI is InChI=1S/C17H16N4O2S2/c18-8-10-5-6-20-14(7-10)24-9-13(22)21-17-15(16(19)23)11-3-1-2-4-12(11)25-17/h5-7H,1-4,9H2,(H2,19,23)(H,21,22). The molecule has 2 aromatic heterocycles. The van der Waals surface area contributed by atoms with Crippen LogP contribution >= 0.6 is 23.1 Å². The number of pyridine rings is 1. The Morgan fingerprint density at radius 2 is 2.20 bits per heavy atom. The molecule has 0 saturated carbocycles. The van der Waals surface area contributed by atoms with Gasteiger partial charge in [0.2, 0.25) is 5.91 Å². The number of amides is 2. The number of nitrogens with two attached hydrogens (primary N) is 1. The molecule has 3 rings (SSSR count). The molecule has 0 unspecified atom stereocenters. The smallest absolute Gasteiger partial charge is 0.251 e. The van der Waals surface area contributed by atoms with E-state index in [4.69, 9.17) is 11.0 Å². The Kier molecular flexibility index (Phi) is 5.36. The Bertz CT molecular complexity index is 870. The van der Waals surface area contributed by atoms with Crippen LogP contribution < -0.4 is 11.1 Å². The maximum absolute atomic E-state index is 12.3. The number of nitriles is 1. The van der Waals surface area contributed by atoms with Gasteiger partial charge in [-0.05, 0) is 43.4 Å². The van der Waals surface area contributed by atoms with Crippen molar-refractivity contribution in [1.29, 1.82) is 5.26 Å². The molecule has 1 aliphatic carbocycles. The van der Waals surface area contributed by atoms with Gasteiger partial charge in [-0.3, -0.25) is 9.59 Å². The molecule has 3 N–H and O–H groups in total. The molecule has 0 bridgehead atoms. The number of fused-ring (bicyclic) bond motifs is 1. The molecule has 0 atom stereocenters. The second kappa shape index (κ2) is 7.68. The summed E-state index contributed by atoms with van der Waals surface area (Å²) < 4.78 is 0. The van der Waals surface area contributed by atoms with Gasteiger partial charge in [0, 0.05) is 11.1 Å². The minimum atomic E-state index is -0.495. The molecule has 128 valence electrons. The molecule has 0 radical (unpaired) electrons. The Hall–Kier alpha value is -2.37. The third-order valence-corrected chi connectivity index (χ3v) is 6.02. The summed E-state index contributed by atoms with van der Waals surface area (Å²) in [5.41, 5.74) is 7.48. The number of hydrogen-bond donors (Lipinski definition) is 2. The van der Waals surface area contributed by atoms with Crippen LogP contribution in [0.2, 0.25) is 0 Å². The van der Waals surface area contributed by atoms with Crippen LogP contribution in [0.1, 0.15) is 39.2 Å². The van der Waals surface area contributed by atoms with Gasteiger partial charge < -0.3 is 11.1 Å². The predicted octanol–water partition coefficient (Wildman–Crippen LogP) is 2.72. The lowest BCUT2D eigenvalue weighted by Gasteiger charge is -2.11. The van der Waals surface area contributed by atoms with E-state index in [9.17, 15) is 9.59 Å². The molecule has 0 aliphatic heterocycles. The van der Waals surface area contributed by atoms with E-state index in [0.29, 0.717) is 21.2 Å². The summed E-state index contributed by atoms with van der Waals surface area (Å²) >= 11 is 2.69. The lowest BCUT2D eigenvalue weighted by molar-refractivity contribution is -0.113. The lowest BCUT2D eigenvalue weighted by atomic mass is 9.95. The molecule has 2 heterocycles. The average molecular weight is 372 g/mol. The first-order chi connectivity index (χ1) is 12.1. The van der Waals surface area contributed by atoms with Crippen LogP contribution in [0.25, 0.3) is 0 Å². The highest BCUT2D eigenvalue weighted by atomic mass is 32.2. The van der Waals surface area contributed by atoms with Gasteiger partial charge in [0.1, 0.15) is 5.00 Å². The summed E-state index contributed by atoms with van der Waals surface area (Å²) in [6, 6.07) is 5.29.